The van der Waals surface area contributed by atoms with Crippen LogP contribution < -0.4 is 4.72 Å². The molecule has 0 heterocycles. The van der Waals surface area contributed by atoms with Crippen LogP contribution in [0.2, 0.25) is 5.02 Å². The molecule has 88 valence electrons. The lowest BCUT2D eigenvalue weighted by atomic mass is 10.3. The maximum absolute atomic E-state index is 11.2. The quantitative estimate of drug-likeness (QED) is 0.843. The van der Waals surface area contributed by atoms with Crippen molar-refractivity contribution in [1.82, 2.24) is 4.31 Å². The molecular formula is C10H13ClN2O2S. The Labute approximate surface area is 104 Å². The van der Waals surface area contributed by atoms with Crippen molar-refractivity contribution in [2.24, 2.45) is 0 Å². The molecule has 0 fully saturated rings. The third-order valence-corrected chi connectivity index (χ3v) is 2.67. The zero-order valence-electron chi connectivity index (χ0n) is 9.07. The van der Waals surface area contributed by atoms with E-state index < -0.39 is 0 Å². The summed E-state index contributed by atoms with van der Waals surface area (Å²) in [5, 5.41) is 0.675. The van der Waals surface area contributed by atoms with Crippen LogP contribution in [0.4, 0.5) is 10.5 Å². The molecule has 0 aliphatic carbocycles. The van der Waals surface area contributed by atoms with Crippen LogP contribution in [0.3, 0.4) is 0 Å². The zero-order valence-corrected chi connectivity index (χ0v) is 10.6. The second-order valence-electron chi connectivity index (χ2n) is 2.90. The summed E-state index contributed by atoms with van der Waals surface area (Å²) in [5.41, 5.74) is 0.866. The Morgan fingerprint density at radius 2 is 2.12 bits per heavy atom. The number of nitrogens with one attached hydrogen (secondary N) is 1. The van der Waals surface area contributed by atoms with Crippen molar-refractivity contribution in [3.63, 3.8) is 0 Å². The third-order valence-electron chi connectivity index (χ3n) is 1.67. The Balaban J connectivity index is 2.39. The maximum Gasteiger partial charge on any atom is 0.420 e. The van der Waals surface area contributed by atoms with E-state index in [1.807, 2.05) is 12.1 Å². The van der Waals surface area contributed by atoms with Gasteiger partial charge < -0.3 is 9.46 Å². The fourth-order valence-electron chi connectivity index (χ4n) is 0.891. The highest BCUT2D eigenvalue weighted by atomic mass is 35.5. The van der Waals surface area contributed by atoms with Gasteiger partial charge >= 0.3 is 6.09 Å². The number of hydrogen-bond donors (Lipinski definition) is 1. The van der Waals surface area contributed by atoms with Gasteiger partial charge in [-0.25, -0.2) is 9.10 Å². The fraction of sp³-hybridized carbons (Fsp3) is 0.300. The molecule has 0 spiro atoms. The minimum absolute atomic E-state index is 0.366. The molecule has 0 bridgehead atoms. The summed E-state index contributed by atoms with van der Waals surface area (Å²) in [6, 6.07) is 7.20. The summed E-state index contributed by atoms with van der Waals surface area (Å²) in [5.74, 6) is 0. The minimum Gasteiger partial charge on any atom is -0.449 e. The lowest BCUT2D eigenvalue weighted by Gasteiger charge is -2.15. The van der Waals surface area contributed by atoms with E-state index in [1.54, 1.807) is 26.1 Å². The van der Waals surface area contributed by atoms with E-state index >= 15 is 0 Å². The molecule has 6 heteroatoms. The van der Waals surface area contributed by atoms with Gasteiger partial charge in [0.2, 0.25) is 0 Å². The van der Waals surface area contributed by atoms with Gasteiger partial charge in [0.05, 0.1) is 18.7 Å². The molecule has 1 N–H and O–H groups in total. The first kappa shape index (κ1) is 13.0. The molecule has 4 nitrogen and oxygen atoms in total. The van der Waals surface area contributed by atoms with Gasteiger partial charge in [-0.3, -0.25) is 0 Å². The van der Waals surface area contributed by atoms with Gasteiger partial charge in [-0.1, -0.05) is 11.6 Å². The van der Waals surface area contributed by atoms with Crippen LogP contribution >= 0.6 is 23.7 Å². The average molecular weight is 261 g/mol. The molecular weight excluding hydrogens is 248 g/mol. The smallest absolute Gasteiger partial charge is 0.420 e. The van der Waals surface area contributed by atoms with Crippen molar-refractivity contribution in [2.45, 2.75) is 6.92 Å². The fourth-order valence-corrected chi connectivity index (χ4v) is 1.52. The van der Waals surface area contributed by atoms with Crippen molar-refractivity contribution in [3.05, 3.63) is 29.3 Å². The Kier molecular flexibility index (Phi) is 5.28. The number of hydrogen-bond acceptors (Lipinski definition) is 4. The van der Waals surface area contributed by atoms with Crippen molar-refractivity contribution in [3.8, 4) is 0 Å². The highest BCUT2D eigenvalue weighted by Gasteiger charge is 2.09. The van der Waals surface area contributed by atoms with E-state index in [1.165, 1.54) is 4.31 Å². The Morgan fingerprint density at radius 3 is 2.69 bits per heavy atom. The molecule has 0 saturated carbocycles. The Morgan fingerprint density at radius 1 is 1.50 bits per heavy atom. The number of carbonyl (C=O) groups excluding carboxylic acids is 1. The molecule has 1 aromatic rings. The average Bonchev–Trinajstić information content (AvgIpc) is 2.28. The topological polar surface area (TPSA) is 41.6 Å². The normalized spacial score (nSPS) is 9.69. The minimum atomic E-state index is -0.381. The molecule has 0 radical (unpaired) electrons. The van der Waals surface area contributed by atoms with Gasteiger partial charge in [0, 0.05) is 17.8 Å². The molecule has 0 aromatic heterocycles. The van der Waals surface area contributed by atoms with Gasteiger partial charge in [-0.2, -0.15) is 0 Å². The number of benzene rings is 1. The number of ether oxygens (including phenoxy) is 1. The lowest BCUT2D eigenvalue weighted by Crippen LogP contribution is -2.22. The second-order valence-corrected chi connectivity index (χ2v) is 4.27. The molecule has 0 saturated heterocycles. The van der Waals surface area contributed by atoms with Gasteiger partial charge in [-0.15, -0.1) is 0 Å². The summed E-state index contributed by atoms with van der Waals surface area (Å²) in [6.45, 7) is 2.13. The first-order valence-corrected chi connectivity index (χ1v) is 5.87. The number of anilines is 1. The van der Waals surface area contributed by atoms with E-state index in [0.717, 1.165) is 17.8 Å². The van der Waals surface area contributed by atoms with Crippen LogP contribution in [0.1, 0.15) is 6.92 Å². The van der Waals surface area contributed by atoms with Crippen molar-refractivity contribution in [2.75, 3.05) is 18.4 Å². The van der Waals surface area contributed by atoms with Crippen LogP contribution in [0.25, 0.3) is 0 Å². The van der Waals surface area contributed by atoms with Gasteiger partial charge in [0.15, 0.2) is 0 Å². The molecule has 16 heavy (non-hydrogen) atoms. The molecule has 1 aromatic carbocycles. The summed E-state index contributed by atoms with van der Waals surface area (Å²) in [7, 11) is 1.63. The monoisotopic (exact) mass is 260 g/mol. The van der Waals surface area contributed by atoms with E-state index in [2.05, 4.69) is 4.72 Å². The molecule has 1 amide bonds. The van der Waals surface area contributed by atoms with Crippen molar-refractivity contribution >= 4 is 35.5 Å². The number of rotatable bonds is 4. The summed E-state index contributed by atoms with van der Waals surface area (Å²) >= 11 is 6.90. The molecule has 0 unspecified atom stereocenters. The van der Waals surface area contributed by atoms with E-state index in [4.69, 9.17) is 16.3 Å². The third kappa shape index (κ3) is 4.20. The molecule has 0 atom stereocenters. The van der Waals surface area contributed by atoms with Crippen molar-refractivity contribution in [1.29, 1.82) is 0 Å². The summed E-state index contributed by atoms with van der Waals surface area (Å²) < 4.78 is 9.18. The van der Waals surface area contributed by atoms with Gasteiger partial charge in [0.25, 0.3) is 0 Å². The largest absolute Gasteiger partial charge is 0.449 e. The zero-order chi connectivity index (χ0) is 12.0. The predicted octanol–water partition coefficient (Wildman–Crippen LogP) is 3.40. The van der Waals surface area contributed by atoms with Crippen LogP contribution in [0.15, 0.2) is 24.3 Å². The van der Waals surface area contributed by atoms with Crippen LogP contribution in [-0.2, 0) is 4.74 Å². The van der Waals surface area contributed by atoms with Crippen LogP contribution in [-0.4, -0.2) is 24.1 Å². The standard InChI is InChI=1S/C10H13ClN2O2S/c1-3-15-10(14)13(2)16-12-9-6-4-8(11)5-7-9/h4-7,12H,3H2,1-2H3. The van der Waals surface area contributed by atoms with Crippen LogP contribution in [0, 0.1) is 0 Å². The number of carbonyl (C=O) groups is 1. The first-order valence-electron chi connectivity index (χ1n) is 4.72. The lowest BCUT2D eigenvalue weighted by molar-refractivity contribution is 0.138. The number of halogens is 1. The Hall–Kier alpha value is -1.07. The van der Waals surface area contributed by atoms with Gasteiger partial charge in [0.1, 0.15) is 0 Å². The number of amides is 1. The first-order chi connectivity index (χ1) is 7.63. The highest BCUT2D eigenvalue weighted by Crippen LogP contribution is 2.18. The predicted molar refractivity (Wildman–Crippen MR) is 67.5 cm³/mol. The second kappa shape index (κ2) is 6.50. The van der Waals surface area contributed by atoms with E-state index in [9.17, 15) is 4.79 Å². The SMILES string of the molecule is CCOC(=O)N(C)SNc1ccc(Cl)cc1. The van der Waals surface area contributed by atoms with Crippen LogP contribution in [0.5, 0.6) is 0 Å². The summed E-state index contributed by atoms with van der Waals surface area (Å²) in [4.78, 5) is 11.2. The number of nitrogens with zero attached hydrogens (tertiary/aromatic N) is 1. The highest BCUT2D eigenvalue weighted by molar-refractivity contribution is 7.98. The molecule has 0 aliphatic heterocycles. The van der Waals surface area contributed by atoms with Gasteiger partial charge in [-0.05, 0) is 31.2 Å². The van der Waals surface area contributed by atoms with E-state index in [0.29, 0.717) is 11.6 Å². The van der Waals surface area contributed by atoms with E-state index in [-0.39, 0.29) is 6.09 Å². The maximum atomic E-state index is 11.2. The molecule has 0 aliphatic rings. The summed E-state index contributed by atoms with van der Waals surface area (Å²) in [6.07, 6.45) is -0.381. The Bertz CT molecular complexity index is 345. The molecule has 1 rings (SSSR count). The van der Waals surface area contributed by atoms with Crippen molar-refractivity contribution < 1.29 is 9.53 Å².